The van der Waals surface area contributed by atoms with Crippen molar-refractivity contribution in [1.29, 1.82) is 0 Å². The number of piperazine rings is 1. The second-order valence-electron chi connectivity index (χ2n) is 11.8. The van der Waals surface area contributed by atoms with Gasteiger partial charge in [0.05, 0.1) is 21.8 Å². The van der Waals surface area contributed by atoms with Crippen molar-refractivity contribution in [2.75, 3.05) is 18.0 Å². The molecule has 2 aromatic heterocycles. The summed E-state index contributed by atoms with van der Waals surface area (Å²) >= 11 is 7.06. The lowest BCUT2D eigenvalue weighted by Gasteiger charge is -2.44. The lowest BCUT2D eigenvalue weighted by Crippen LogP contribution is -2.58. The minimum absolute atomic E-state index is 0.0977. The van der Waals surface area contributed by atoms with Crippen LogP contribution in [0.3, 0.4) is 0 Å². The van der Waals surface area contributed by atoms with E-state index < -0.39 is 5.69 Å². The molecule has 0 N–H and O–H groups in total. The maximum Gasteiger partial charge on any atom is 0.355 e. The van der Waals surface area contributed by atoms with Crippen LogP contribution in [0.4, 0.5) is 5.82 Å². The number of hydrogen-bond donors (Lipinski definition) is 0. The van der Waals surface area contributed by atoms with Gasteiger partial charge in [-0.05, 0) is 61.4 Å². The van der Waals surface area contributed by atoms with Crippen LogP contribution in [0.25, 0.3) is 28.0 Å². The maximum absolute atomic E-state index is 14.3. The normalized spacial score (nSPS) is 18.3. The molecular formula is C35H36ClN5O2. The number of rotatable bonds is 3. The Balaban J connectivity index is 1.68. The summed E-state index contributed by atoms with van der Waals surface area (Å²) in [5, 5.41) is 1.19. The molecule has 2 aliphatic rings. The largest absolute Gasteiger partial charge is 0.355 e. The molecule has 2 bridgehead atoms. The predicted octanol–water partition coefficient (Wildman–Crippen LogP) is 6.49. The molecule has 6 rings (SSSR count). The smallest absolute Gasteiger partial charge is 0.349 e. The van der Waals surface area contributed by atoms with E-state index in [1.807, 2.05) is 43.0 Å². The molecule has 7 nitrogen and oxygen atoms in total. The Morgan fingerprint density at radius 2 is 1.72 bits per heavy atom. The van der Waals surface area contributed by atoms with Crippen LogP contribution in [-0.4, -0.2) is 50.5 Å². The van der Waals surface area contributed by atoms with Crippen molar-refractivity contribution in [3.8, 4) is 16.9 Å². The SMILES string of the molecule is C=CC(=O)N1C[C@H](C)N(c2nc(=O)n3c4nc(c(Cl)cc24)-c2ccccc2CC=CCc2cccc(C(C)C)c2-3)C[C@H]1C. The first-order valence-electron chi connectivity index (χ1n) is 14.9. The molecule has 43 heavy (non-hydrogen) atoms. The standard InChI is InChI=1S/C35H36ClN5O2/c1-6-30(42)39-19-23(5)40(20-22(39)4)33-28-18-29(36)31-27-16-10-9-13-24(27)12-7-8-14-25-15-11-17-26(21(2)3)32(25)41(34(28)37-31)35(43)38-33/h6-11,13,15-18,21-23H,1,12,14,19-20H2,2-5H3/t22-,23+/m1/s1. The third-order valence-electron chi connectivity index (χ3n) is 8.63. The number of hydrogen-bond acceptors (Lipinski definition) is 5. The van der Waals surface area contributed by atoms with Crippen molar-refractivity contribution in [3.63, 3.8) is 0 Å². The third-order valence-corrected chi connectivity index (χ3v) is 8.92. The molecular weight excluding hydrogens is 558 g/mol. The van der Waals surface area contributed by atoms with Crippen molar-refractivity contribution < 1.29 is 4.79 Å². The van der Waals surface area contributed by atoms with E-state index in [4.69, 9.17) is 21.6 Å². The Morgan fingerprint density at radius 3 is 2.47 bits per heavy atom. The number of carbonyl (C=O) groups excluding carboxylic acids is 1. The van der Waals surface area contributed by atoms with Gasteiger partial charge in [-0.3, -0.25) is 4.79 Å². The highest BCUT2D eigenvalue weighted by atomic mass is 35.5. The van der Waals surface area contributed by atoms with E-state index in [2.05, 4.69) is 61.7 Å². The fraction of sp³-hybridized carbons (Fsp3) is 0.314. The third kappa shape index (κ3) is 5.06. The molecule has 0 spiro atoms. The maximum atomic E-state index is 14.3. The summed E-state index contributed by atoms with van der Waals surface area (Å²) in [7, 11) is 0. The molecule has 2 atom stereocenters. The van der Waals surface area contributed by atoms with Crippen LogP contribution < -0.4 is 10.6 Å². The minimum atomic E-state index is -0.392. The number of para-hydroxylation sites is 1. The van der Waals surface area contributed by atoms with Crippen LogP contribution in [0, 0.1) is 0 Å². The average Bonchev–Trinajstić information content (AvgIpc) is 2.99. The molecule has 8 heteroatoms. The van der Waals surface area contributed by atoms with Crippen LogP contribution in [-0.2, 0) is 17.6 Å². The van der Waals surface area contributed by atoms with Gasteiger partial charge in [0.15, 0.2) is 5.65 Å². The van der Waals surface area contributed by atoms with Gasteiger partial charge >= 0.3 is 5.69 Å². The zero-order valence-corrected chi connectivity index (χ0v) is 25.8. The fourth-order valence-electron chi connectivity index (χ4n) is 6.43. The number of allylic oxidation sites excluding steroid dienone is 2. The van der Waals surface area contributed by atoms with Gasteiger partial charge in [0.25, 0.3) is 0 Å². The van der Waals surface area contributed by atoms with Crippen molar-refractivity contribution in [2.24, 2.45) is 0 Å². The number of halogens is 1. The van der Waals surface area contributed by atoms with Crippen LogP contribution in [0.2, 0.25) is 5.02 Å². The predicted molar refractivity (Wildman–Crippen MR) is 174 cm³/mol. The van der Waals surface area contributed by atoms with Crippen LogP contribution in [0.5, 0.6) is 0 Å². The summed E-state index contributed by atoms with van der Waals surface area (Å²) in [4.78, 5) is 40.7. The molecule has 4 aromatic rings. The highest BCUT2D eigenvalue weighted by molar-refractivity contribution is 6.34. The Morgan fingerprint density at radius 1 is 1.00 bits per heavy atom. The summed E-state index contributed by atoms with van der Waals surface area (Å²) in [6, 6.07) is 16.1. The van der Waals surface area contributed by atoms with Crippen molar-refractivity contribution in [2.45, 2.75) is 58.5 Å². The topological polar surface area (TPSA) is 71.3 Å². The number of carbonyl (C=O) groups is 1. The van der Waals surface area contributed by atoms with Gasteiger partial charge in [0, 0.05) is 30.7 Å². The van der Waals surface area contributed by atoms with Crippen LogP contribution >= 0.6 is 11.6 Å². The zero-order chi connectivity index (χ0) is 30.4. The summed E-state index contributed by atoms with van der Waals surface area (Å²) in [6.45, 7) is 13.0. The molecule has 220 valence electrons. The number of amides is 1. The van der Waals surface area contributed by atoms with E-state index in [1.165, 1.54) is 6.08 Å². The minimum Gasteiger partial charge on any atom is -0.349 e. The van der Waals surface area contributed by atoms with Gasteiger partial charge < -0.3 is 9.80 Å². The Labute approximate surface area is 257 Å². The second-order valence-corrected chi connectivity index (χ2v) is 12.2. The highest BCUT2D eigenvalue weighted by Gasteiger charge is 2.34. The zero-order valence-electron chi connectivity index (χ0n) is 25.0. The number of nitrogens with zero attached hydrogens (tertiary/aromatic N) is 5. The van der Waals surface area contributed by atoms with E-state index in [-0.39, 0.29) is 23.9 Å². The number of fused-ring (bicyclic) bond motifs is 5. The number of aromatic nitrogens is 3. The Hall–Kier alpha value is -4.23. The van der Waals surface area contributed by atoms with Crippen LogP contribution in [0.15, 0.2) is 78.1 Å². The molecule has 4 heterocycles. The molecule has 2 aliphatic heterocycles. The molecule has 0 saturated carbocycles. The van der Waals surface area contributed by atoms with Gasteiger partial charge in [-0.15, -0.1) is 0 Å². The van der Waals surface area contributed by atoms with Gasteiger partial charge in [-0.2, -0.15) is 4.98 Å². The van der Waals surface area contributed by atoms with Crippen molar-refractivity contribution in [3.05, 3.63) is 106 Å². The Kier molecular flexibility index (Phi) is 7.69. The molecule has 1 amide bonds. The lowest BCUT2D eigenvalue weighted by molar-refractivity contribution is -0.128. The summed E-state index contributed by atoms with van der Waals surface area (Å²) in [5.74, 6) is 0.594. The van der Waals surface area contributed by atoms with Gasteiger partial charge in [-0.1, -0.05) is 86.6 Å². The first-order valence-corrected chi connectivity index (χ1v) is 15.3. The average molecular weight is 594 g/mol. The van der Waals surface area contributed by atoms with Gasteiger partial charge in [0.2, 0.25) is 5.91 Å². The van der Waals surface area contributed by atoms with Gasteiger partial charge in [0.1, 0.15) is 5.82 Å². The fourth-order valence-corrected chi connectivity index (χ4v) is 6.68. The molecule has 2 aromatic carbocycles. The van der Waals surface area contributed by atoms with Crippen LogP contribution in [0.1, 0.15) is 50.3 Å². The van der Waals surface area contributed by atoms with Crippen molar-refractivity contribution in [1.82, 2.24) is 19.4 Å². The summed E-state index contributed by atoms with van der Waals surface area (Å²) < 4.78 is 1.69. The summed E-state index contributed by atoms with van der Waals surface area (Å²) in [6.07, 6.45) is 7.10. The molecule has 0 radical (unpaired) electrons. The van der Waals surface area contributed by atoms with Gasteiger partial charge in [-0.25, -0.2) is 14.3 Å². The first kappa shape index (κ1) is 28.9. The van der Waals surface area contributed by atoms with E-state index in [1.54, 1.807) is 4.57 Å². The quantitative estimate of drug-likeness (QED) is 0.201. The van der Waals surface area contributed by atoms with Crippen molar-refractivity contribution >= 4 is 34.4 Å². The molecule has 0 aliphatic carbocycles. The van der Waals surface area contributed by atoms with E-state index >= 15 is 0 Å². The first-order chi connectivity index (χ1) is 20.7. The Bertz CT molecular complexity index is 1840. The molecule has 1 fully saturated rings. The summed E-state index contributed by atoms with van der Waals surface area (Å²) in [5.41, 5.74) is 5.73. The number of pyridine rings is 1. The molecule has 0 unspecified atom stereocenters. The highest BCUT2D eigenvalue weighted by Crippen LogP contribution is 2.37. The molecule has 1 saturated heterocycles. The lowest BCUT2D eigenvalue weighted by atomic mass is 9.95. The number of benzene rings is 2. The second kappa shape index (κ2) is 11.5. The van der Waals surface area contributed by atoms with E-state index in [0.29, 0.717) is 47.1 Å². The van der Waals surface area contributed by atoms with E-state index in [9.17, 15) is 9.59 Å². The monoisotopic (exact) mass is 593 g/mol. The number of anilines is 1. The van der Waals surface area contributed by atoms with E-state index in [0.717, 1.165) is 34.4 Å².